The zero-order chi connectivity index (χ0) is 15.8. The van der Waals surface area contributed by atoms with Crippen LogP contribution in [0.2, 0.25) is 0 Å². The first-order chi connectivity index (χ1) is 10.7. The minimum absolute atomic E-state index is 0.166. The van der Waals surface area contributed by atoms with Crippen LogP contribution in [0.5, 0.6) is 17.2 Å². The average molecular weight is 300 g/mol. The van der Waals surface area contributed by atoms with Crippen LogP contribution in [0.1, 0.15) is 18.9 Å². The summed E-state index contributed by atoms with van der Waals surface area (Å²) in [6, 6.07) is 15.1. The van der Waals surface area contributed by atoms with Gasteiger partial charge in [-0.2, -0.15) is 0 Å². The van der Waals surface area contributed by atoms with E-state index in [2.05, 4.69) is 0 Å². The number of ether oxygens (including phenoxy) is 3. The number of esters is 1. The fourth-order valence-corrected chi connectivity index (χ4v) is 1.98. The maximum absolute atomic E-state index is 11.3. The van der Waals surface area contributed by atoms with Gasteiger partial charge in [0, 0.05) is 6.42 Å². The number of rotatable bonds is 7. The summed E-state index contributed by atoms with van der Waals surface area (Å²) in [4.78, 5) is 11.3. The van der Waals surface area contributed by atoms with Crippen molar-refractivity contribution in [2.45, 2.75) is 19.8 Å². The molecule has 0 atom stereocenters. The first kappa shape index (κ1) is 15.9. The lowest BCUT2D eigenvalue weighted by Crippen LogP contribution is -2.05. The van der Waals surface area contributed by atoms with Crippen molar-refractivity contribution < 1.29 is 19.0 Å². The quantitative estimate of drug-likeness (QED) is 0.725. The van der Waals surface area contributed by atoms with Crippen molar-refractivity contribution in [3.05, 3.63) is 54.1 Å². The summed E-state index contributed by atoms with van der Waals surface area (Å²) in [5, 5.41) is 0. The van der Waals surface area contributed by atoms with Gasteiger partial charge in [-0.05, 0) is 55.3 Å². The Kier molecular flexibility index (Phi) is 5.83. The molecule has 0 fully saturated rings. The highest BCUT2D eigenvalue weighted by Crippen LogP contribution is 2.24. The minimum Gasteiger partial charge on any atom is -0.497 e. The van der Waals surface area contributed by atoms with E-state index in [1.807, 2.05) is 55.5 Å². The molecule has 0 N–H and O–H groups in total. The van der Waals surface area contributed by atoms with E-state index in [0.29, 0.717) is 19.4 Å². The number of aryl methyl sites for hydroxylation is 1. The molecule has 0 heterocycles. The number of methoxy groups -OCH3 is 1. The van der Waals surface area contributed by atoms with E-state index in [0.717, 1.165) is 22.8 Å². The molecular weight excluding hydrogens is 280 g/mol. The second-order valence-electron chi connectivity index (χ2n) is 4.73. The molecule has 2 aromatic carbocycles. The summed E-state index contributed by atoms with van der Waals surface area (Å²) in [5.41, 5.74) is 1.08. The maximum Gasteiger partial charge on any atom is 0.306 e. The Morgan fingerprint density at radius 2 is 1.45 bits per heavy atom. The van der Waals surface area contributed by atoms with Crippen LogP contribution < -0.4 is 9.47 Å². The van der Waals surface area contributed by atoms with Crippen molar-refractivity contribution >= 4 is 5.97 Å². The van der Waals surface area contributed by atoms with Gasteiger partial charge >= 0.3 is 5.97 Å². The maximum atomic E-state index is 11.3. The largest absolute Gasteiger partial charge is 0.497 e. The third kappa shape index (κ3) is 4.81. The summed E-state index contributed by atoms with van der Waals surface area (Å²) in [6.45, 7) is 2.23. The van der Waals surface area contributed by atoms with Gasteiger partial charge in [0.15, 0.2) is 0 Å². The van der Waals surface area contributed by atoms with Crippen molar-refractivity contribution in [1.82, 2.24) is 0 Å². The van der Waals surface area contributed by atoms with E-state index in [4.69, 9.17) is 14.2 Å². The zero-order valence-corrected chi connectivity index (χ0v) is 12.9. The van der Waals surface area contributed by atoms with Gasteiger partial charge in [0.1, 0.15) is 17.2 Å². The Bertz CT molecular complexity index is 587. The first-order valence-electron chi connectivity index (χ1n) is 7.27. The fraction of sp³-hybridized carbons (Fsp3) is 0.278. The normalized spacial score (nSPS) is 10.1. The molecule has 0 spiro atoms. The zero-order valence-electron chi connectivity index (χ0n) is 12.9. The molecule has 0 bridgehead atoms. The van der Waals surface area contributed by atoms with Crippen molar-refractivity contribution in [1.29, 1.82) is 0 Å². The summed E-state index contributed by atoms with van der Waals surface area (Å²) < 4.78 is 15.8. The van der Waals surface area contributed by atoms with Gasteiger partial charge in [-0.1, -0.05) is 12.1 Å². The van der Waals surface area contributed by atoms with Crippen LogP contribution in [0.3, 0.4) is 0 Å². The number of carbonyl (C=O) groups is 1. The minimum atomic E-state index is -0.166. The highest BCUT2D eigenvalue weighted by Gasteiger charge is 2.03. The number of carbonyl (C=O) groups excluding carboxylic acids is 1. The molecule has 0 aliphatic rings. The molecule has 0 saturated carbocycles. The topological polar surface area (TPSA) is 44.8 Å². The summed E-state index contributed by atoms with van der Waals surface area (Å²) in [5.74, 6) is 2.13. The average Bonchev–Trinajstić information content (AvgIpc) is 2.55. The van der Waals surface area contributed by atoms with Crippen molar-refractivity contribution in [2.24, 2.45) is 0 Å². The predicted octanol–water partition coefficient (Wildman–Crippen LogP) is 3.98. The molecular formula is C18H20O4. The Hall–Kier alpha value is -2.49. The lowest BCUT2D eigenvalue weighted by atomic mass is 10.1. The van der Waals surface area contributed by atoms with E-state index in [1.54, 1.807) is 7.11 Å². The fourth-order valence-electron chi connectivity index (χ4n) is 1.98. The molecule has 2 aromatic rings. The molecule has 0 aliphatic carbocycles. The molecule has 0 amide bonds. The Morgan fingerprint density at radius 1 is 0.909 bits per heavy atom. The van der Waals surface area contributed by atoms with Gasteiger partial charge in [0.2, 0.25) is 0 Å². The van der Waals surface area contributed by atoms with Gasteiger partial charge < -0.3 is 14.2 Å². The van der Waals surface area contributed by atoms with Crippen LogP contribution in [0.4, 0.5) is 0 Å². The number of hydrogen-bond donors (Lipinski definition) is 0. The number of benzene rings is 2. The lowest BCUT2D eigenvalue weighted by Gasteiger charge is -2.07. The molecule has 0 saturated heterocycles. The summed E-state index contributed by atoms with van der Waals surface area (Å²) in [6.07, 6.45) is 1.06. The number of hydrogen-bond acceptors (Lipinski definition) is 4. The van der Waals surface area contributed by atoms with Crippen LogP contribution in [0, 0.1) is 0 Å². The first-order valence-corrected chi connectivity index (χ1v) is 7.27. The van der Waals surface area contributed by atoms with Crippen LogP contribution >= 0.6 is 0 Å². The molecule has 0 aliphatic heterocycles. The van der Waals surface area contributed by atoms with Crippen LogP contribution in [-0.2, 0) is 16.0 Å². The van der Waals surface area contributed by atoms with Gasteiger partial charge in [-0.25, -0.2) is 0 Å². The van der Waals surface area contributed by atoms with E-state index >= 15 is 0 Å². The van der Waals surface area contributed by atoms with Crippen LogP contribution in [-0.4, -0.2) is 19.7 Å². The second-order valence-corrected chi connectivity index (χ2v) is 4.73. The van der Waals surface area contributed by atoms with E-state index in [-0.39, 0.29) is 5.97 Å². The third-order valence-corrected chi connectivity index (χ3v) is 3.14. The van der Waals surface area contributed by atoms with E-state index < -0.39 is 0 Å². The molecule has 4 nitrogen and oxygen atoms in total. The standard InChI is InChI=1S/C18H20O4/c1-3-21-18(19)13-6-14-4-7-16(8-5-14)22-17-11-9-15(20-2)10-12-17/h4-5,7-12H,3,6,13H2,1-2H3. The van der Waals surface area contributed by atoms with Crippen LogP contribution in [0.15, 0.2) is 48.5 Å². The highest BCUT2D eigenvalue weighted by atomic mass is 16.5. The van der Waals surface area contributed by atoms with E-state index in [9.17, 15) is 4.79 Å². The van der Waals surface area contributed by atoms with Gasteiger partial charge in [0.25, 0.3) is 0 Å². The van der Waals surface area contributed by atoms with Crippen molar-refractivity contribution in [2.75, 3.05) is 13.7 Å². The lowest BCUT2D eigenvalue weighted by molar-refractivity contribution is -0.143. The van der Waals surface area contributed by atoms with Gasteiger partial charge in [0.05, 0.1) is 13.7 Å². The molecule has 0 unspecified atom stereocenters. The van der Waals surface area contributed by atoms with Crippen LogP contribution in [0.25, 0.3) is 0 Å². The van der Waals surface area contributed by atoms with E-state index in [1.165, 1.54) is 0 Å². The Labute approximate surface area is 130 Å². The smallest absolute Gasteiger partial charge is 0.306 e. The molecule has 0 radical (unpaired) electrons. The van der Waals surface area contributed by atoms with Crippen molar-refractivity contribution in [3.8, 4) is 17.2 Å². The predicted molar refractivity (Wildman–Crippen MR) is 84.5 cm³/mol. The van der Waals surface area contributed by atoms with Gasteiger partial charge in [-0.15, -0.1) is 0 Å². The molecule has 0 aromatic heterocycles. The Morgan fingerprint density at radius 3 is 2.00 bits per heavy atom. The molecule has 22 heavy (non-hydrogen) atoms. The van der Waals surface area contributed by atoms with Gasteiger partial charge in [-0.3, -0.25) is 4.79 Å². The Balaban J connectivity index is 1.89. The molecule has 2 rings (SSSR count). The third-order valence-electron chi connectivity index (χ3n) is 3.14. The van der Waals surface area contributed by atoms with Crippen molar-refractivity contribution in [3.63, 3.8) is 0 Å². The SMILES string of the molecule is CCOC(=O)CCc1ccc(Oc2ccc(OC)cc2)cc1. The molecule has 116 valence electrons. The summed E-state index contributed by atoms with van der Waals surface area (Å²) in [7, 11) is 1.63. The molecule has 4 heteroatoms. The monoisotopic (exact) mass is 300 g/mol. The summed E-state index contributed by atoms with van der Waals surface area (Å²) >= 11 is 0. The highest BCUT2D eigenvalue weighted by molar-refractivity contribution is 5.69. The second kappa shape index (κ2) is 8.08.